The van der Waals surface area contributed by atoms with Gasteiger partial charge in [-0.25, -0.2) is 4.98 Å². The van der Waals surface area contributed by atoms with E-state index in [9.17, 15) is 0 Å². The van der Waals surface area contributed by atoms with Gasteiger partial charge in [-0.2, -0.15) is 5.10 Å². The summed E-state index contributed by atoms with van der Waals surface area (Å²) >= 11 is 0. The van der Waals surface area contributed by atoms with Crippen molar-refractivity contribution in [3.8, 4) is 0 Å². The van der Waals surface area contributed by atoms with Gasteiger partial charge in [0.2, 0.25) is 0 Å². The molecular weight excluding hydrogens is 226 g/mol. The van der Waals surface area contributed by atoms with Gasteiger partial charge in [-0.05, 0) is 31.9 Å². The Bertz CT molecular complexity index is 507. The first-order valence-electron chi connectivity index (χ1n) is 6.55. The summed E-state index contributed by atoms with van der Waals surface area (Å²) in [4.78, 5) is 4.28. The monoisotopic (exact) mass is 245 g/mol. The van der Waals surface area contributed by atoms with E-state index in [1.165, 1.54) is 24.1 Å². The van der Waals surface area contributed by atoms with Crippen LogP contribution >= 0.6 is 0 Å². The van der Waals surface area contributed by atoms with E-state index < -0.39 is 0 Å². The number of imidazole rings is 1. The Hall–Kier alpha value is -1.62. The van der Waals surface area contributed by atoms with Crippen molar-refractivity contribution >= 4 is 0 Å². The molecule has 0 amide bonds. The van der Waals surface area contributed by atoms with Gasteiger partial charge in [0.05, 0.1) is 24.8 Å². The van der Waals surface area contributed by atoms with Crippen LogP contribution in [0.3, 0.4) is 0 Å². The van der Waals surface area contributed by atoms with Crippen molar-refractivity contribution in [2.24, 2.45) is 0 Å². The Morgan fingerprint density at radius 2 is 2.33 bits per heavy atom. The van der Waals surface area contributed by atoms with Crippen LogP contribution in [0.1, 0.15) is 30.1 Å². The van der Waals surface area contributed by atoms with Crippen molar-refractivity contribution in [1.29, 1.82) is 0 Å². The maximum absolute atomic E-state index is 4.31. The average Bonchev–Trinajstić information content (AvgIpc) is 3.07. The summed E-state index contributed by atoms with van der Waals surface area (Å²) in [6.07, 6.45) is 10.3. The first-order valence-corrected chi connectivity index (χ1v) is 6.55. The molecule has 3 rings (SSSR count). The normalized spacial score (nSPS) is 19.5. The van der Waals surface area contributed by atoms with Crippen LogP contribution in [-0.4, -0.2) is 25.9 Å². The van der Waals surface area contributed by atoms with Gasteiger partial charge in [-0.15, -0.1) is 0 Å². The Morgan fingerprint density at radius 3 is 3.06 bits per heavy atom. The van der Waals surface area contributed by atoms with Gasteiger partial charge in [0.15, 0.2) is 0 Å². The molecule has 5 heteroatoms. The molecule has 0 aromatic carbocycles. The van der Waals surface area contributed by atoms with Gasteiger partial charge >= 0.3 is 0 Å². The summed E-state index contributed by atoms with van der Waals surface area (Å²) in [7, 11) is 0. The number of aromatic nitrogens is 4. The predicted octanol–water partition coefficient (Wildman–Crippen LogP) is 1.51. The number of nitrogens with zero attached hydrogens (tertiary/aromatic N) is 4. The lowest BCUT2D eigenvalue weighted by molar-refractivity contribution is 0.498. The van der Waals surface area contributed by atoms with E-state index in [0.717, 1.165) is 19.6 Å². The first-order chi connectivity index (χ1) is 8.83. The van der Waals surface area contributed by atoms with Crippen molar-refractivity contribution in [1.82, 2.24) is 24.6 Å². The fourth-order valence-corrected chi connectivity index (χ4v) is 2.54. The van der Waals surface area contributed by atoms with Crippen LogP contribution in [0.2, 0.25) is 0 Å². The maximum atomic E-state index is 4.31. The molecule has 2 aromatic rings. The molecule has 1 fully saturated rings. The molecule has 5 nitrogen and oxygen atoms in total. The largest absolute Gasteiger partial charge is 0.331 e. The molecule has 2 aromatic heterocycles. The van der Waals surface area contributed by atoms with Gasteiger partial charge in [-0.3, -0.25) is 4.68 Å². The highest BCUT2D eigenvalue weighted by Crippen LogP contribution is 2.22. The van der Waals surface area contributed by atoms with Crippen LogP contribution in [0.5, 0.6) is 0 Å². The highest BCUT2D eigenvalue weighted by molar-refractivity contribution is 5.07. The molecule has 0 bridgehead atoms. The molecule has 3 heterocycles. The van der Waals surface area contributed by atoms with Crippen molar-refractivity contribution in [3.05, 3.63) is 36.2 Å². The van der Waals surface area contributed by atoms with Crippen molar-refractivity contribution in [3.63, 3.8) is 0 Å². The topological polar surface area (TPSA) is 47.7 Å². The van der Waals surface area contributed by atoms with Gasteiger partial charge < -0.3 is 9.88 Å². The second kappa shape index (κ2) is 4.94. The van der Waals surface area contributed by atoms with E-state index in [1.807, 2.05) is 23.4 Å². The van der Waals surface area contributed by atoms with E-state index in [4.69, 9.17) is 0 Å². The summed E-state index contributed by atoms with van der Waals surface area (Å²) in [5.74, 6) is 0. The third-order valence-corrected chi connectivity index (χ3v) is 3.49. The quantitative estimate of drug-likeness (QED) is 0.888. The van der Waals surface area contributed by atoms with Crippen molar-refractivity contribution < 1.29 is 0 Å². The lowest BCUT2D eigenvalue weighted by Crippen LogP contribution is -2.18. The van der Waals surface area contributed by atoms with E-state index in [2.05, 4.69) is 33.1 Å². The van der Waals surface area contributed by atoms with Gasteiger partial charge in [0.25, 0.3) is 0 Å². The van der Waals surface area contributed by atoms with E-state index in [1.54, 1.807) is 0 Å². The van der Waals surface area contributed by atoms with Crippen LogP contribution in [-0.2, 0) is 13.1 Å². The fourth-order valence-electron chi connectivity index (χ4n) is 2.54. The molecular formula is C13H19N5. The SMILES string of the molecule is Cc1cnn(CCn2cncc2[C@@H]2CCCN2)c1. The zero-order valence-electron chi connectivity index (χ0n) is 10.7. The standard InChI is InChI=1S/C13H19N5/c1-11-7-16-18(9-11)6-5-17-10-14-8-13(17)12-3-2-4-15-12/h7-10,12,15H,2-6H2,1H3/t12-/m0/s1. The number of hydrogen-bond donors (Lipinski definition) is 1. The zero-order valence-corrected chi connectivity index (χ0v) is 10.7. The third kappa shape index (κ3) is 2.31. The summed E-state index contributed by atoms with van der Waals surface area (Å²) in [6.45, 7) is 5.00. The molecule has 0 saturated carbocycles. The zero-order chi connectivity index (χ0) is 12.4. The van der Waals surface area contributed by atoms with E-state index in [-0.39, 0.29) is 0 Å². The van der Waals surface area contributed by atoms with Crippen molar-refractivity contribution in [2.75, 3.05) is 6.54 Å². The molecule has 0 radical (unpaired) electrons. The number of rotatable bonds is 4. The molecule has 96 valence electrons. The highest BCUT2D eigenvalue weighted by atomic mass is 15.3. The highest BCUT2D eigenvalue weighted by Gasteiger charge is 2.19. The predicted molar refractivity (Wildman–Crippen MR) is 69.2 cm³/mol. The van der Waals surface area contributed by atoms with Gasteiger partial charge in [-0.1, -0.05) is 0 Å². The molecule has 0 aliphatic carbocycles. The summed E-state index contributed by atoms with van der Waals surface area (Å²) < 4.78 is 4.22. The molecule has 1 aliphatic rings. The Morgan fingerprint density at radius 1 is 1.39 bits per heavy atom. The molecule has 0 unspecified atom stereocenters. The Kier molecular flexibility index (Phi) is 3.15. The van der Waals surface area contributed by atoms with Gasteiger partial charge in [0, 0.05) is 25.0 Å². The summed E-state index contributed by atoms with van der Waals surface area (Å²) in [6, 6.07) is 0.479. The number of aryl methyl sites for hydroxylation is 3. The fraction of sp³-hybridized carbons (Fsp3) is 0.538. The third-order valence-electron chi connectivity index (χ3n) is 3.49. The van der Waals surface area contributed by atoms with Gasteiger partial charge in [0.1, 0.15) is 0 Å². The molecule has 1 saturated heterocycles. The lowest BCUT2D eigenvalue weighted by atomic mass is 10.2. The minimum atomic E-state index is 0.479. The van der Waals surface area contributed by atoms with E-state index in [0.29, 0.717) is 6.04 Å². The smallest absolute Gasteiger partial charge is 0.0949 e. The minimum absolute atomic E-state index is 0.479. The number of hydrogen-bond acceptors (Lipinski definition) is 3. The first kappa shape index (κ1) is 11.5. The van der Waals surface area contributed by atoms with Crippen LogP contribution in [0.4, 0.5) is 0 Å². The minimum Gasteiger partial charge on any atom is -0.331 e. The summed E-state index contributed by atoms with van der Waals surface area (Å²) in [5.41, 5.74) is 2.51. The second-order valence-corrected chi connectivity index (χ2v) is 4.94. The molecule has 18 heavy (non-hydrogen) atoms. The Balaban J connectivity index is 1.67. The van der Waals surface area contributed by atoms with E-state index >= 15 is 0 Å². The van der Waals surface area contributed by atoms with Crippen LogP contribution in [0.15, 0.2) is 24.9 Å². The van der Waals surface area contributed by atoms with Crippen LogP contribution < -0.4 is 5.32 Å². The molecule has 1 N–H and O–H groups in total. The van der Waals surface area contributed by atoms with Crippen LogP contribution in [0.25, 0.3) is 0 Å². The van der Waals surface area contributed by atoms with Crippen molar-refractivity contribution in [2.45, 2.75) is 38.9 Å². The molecule has 1 aliphatic heterocycles. The summed E-state index contributed by atoms with van der Waals surface area (Å²) in [5, 5.41) is 7.83. The molecule has 1 atom stereocenters. The maximum Gasteiger partial charge on any atom is 0.0949 e. The number of nitrogens with one attached hydrogen (secondary N) is 1. The Labute approximate surface area is 107 Å². The lowest BCUT2D eigenvalue weighted by Gasteiger charge is -2.13. The molecule has 0 spiro atoms. The average molecular weight is 245 g/mol. The van der Waals surface area contributed by atoms with Crippen LogP contribution in [0, 0.1) is 6.92 Å². The second-order valence-electron chi connectivity index (χ2n) is 4.94.